The fourth-order valence-corrected chi connectivity index (χ4v) is 2.93. The Kier molecular flexibility index (Phi) is 8.23. The van der Waals surface area contributed by atoms with Crippen molar-refractivity contribution in [2.75, 3.05) is 26.2 Å². The van der Waals surface area contributed by atoms with Gasteiger partial charge in [0.15, 0.2) is 0 Å². The normalized spacial score (nSPS) is 11.0. The van der Waals surface area contributed by atoms with Crippen LogP contribution < -0.4 is 20.4 Å². The molecule has 0 amide bonds. The number of aliphatic carboxylic acids is 4. The number of furan rings is 1. The Labute approximate surface area is 175 Å². The van der Waals surface area contributed by atoms with Gasteiger partial charge in [0, 0.05) is 44.8 Å². The number of rotatable bonds is 13. The molecule has 0 spiro atoms. The Morgan fingerprint density at radius 1 is 0.742 bits per heavy atom. The lowest BCUT2D eigenvalue weighted by atomic mass is 10.1. The first kappa shape index (κ1) is 23.5. The van der Waals surface area contributed by atoms with Gasteiger partial charge in [0.05, 0.1) is 47.8 Å². The van der Waals surface area contributed by atoms with E-state index in [4.69, 9.17) is 4.42 Å². The molecule has 31 heavy (non-hydrogen) atoms. The zero-order chi connectivity index (χ0) is 23.0. The standard InChI is InChI=1S/C19H21N3O9/c23-16(24)7-21(8-17(25)26)5-14-3-13(12-1-2-31-11-12)4-15(20-14)6-22(9-18(27)28)10-19(29)30/h1-4,11H,5-10H2,(H,23,24)(H,25,26)(H,27,28)(H,29,30)/p-4. The first-order valence-electron chi connectivity index (χ1n) is 8.89. The summed E-state index contributed by atoms with van der Waals surface area (Å²) >= 11 is 0. The second kappa shape index (κ2) is 10.8. The van der Waals surface area contributed by atoms with Crippen LogP contribution in [0, 0.1) is 0 Å². The van der Waals surface area contributed by atoms with E-state index in [1.807, 2.05) is 0 Å². The number of pyridine rings is 1. The molecule has 2 heterocycles. The van der Waals surface area contributed by atoms with Crippen LogP contribution in [-0.2, 0) is 32.3 Å². The van der Waals surface area contributed by atoms with E-state index in [0.717, 1.165) is 9.80 Å². The van der Waals surface area contributed by atoms with E-state index in [1.54, 1.807) is 18.2 Å². The number of aromatic nitrogens is 1. The third kappa shape index (κ3) is 8.24. The second-order valence-corrected chi connectivity index (χ2v) is 6.63. The molecule has 0 aliphatic carbocycles. The van der Waals surface area contributed by atoms with Crippen molar-refractivity contribution >= 4 is 23.9 Å². The molecule has 0 atom stereocenters. The van der Waals surface area contributed by atoms with Crippen LogP contribution in [0.25, 0.3) is 11.1 Å². The van der Waals surface area contributed by atoms with E-state index in [9.17, 15) is 39.6 Å². The molecule has 0 saturated heterocycles. The zero-order valence-electron chi connectivity index (χ0n) is 16.1. The molecule has 0 aromatic carbocycles. The Morgan fingerprint density at radius 2 is 1.16 bits per heavy atom. The summed E-state index contributed by atoms with van der Waals surface area (Å²) in [5.41, 5.74) is 1.66. The fraction of sp³-hybridized carbons (Fsp3) is 0.316. The monoisotopic (exact) mass is 431 g/mol. The maximum absolute atomic E-state index is 10.9. The molecule has 2 aromatic rings. The number of carbonyl (C=O) groups excluding carboxylic acids is 4. The number of hydrogen-bond acceptors (Lipinski definition) is 12. The lowest BCUT2D eigenvalue weighted by molar-refractivity contribution is -0.313. The van der Waals surface area contributed by atoms with Gasteiger partial charge >= 0.3 is 0 Å². The number of hydrogen-bond donors (Lipinski definition) is 0. The molecule has 2 rings (SSSR count). The molecular weight excluding hydrogens is 414 g/mol. The van der Waals surface area contributed by atoms with Gasteiger partial charge in [-0.1, -0.05) is 0 Å². The minimum Gasteiger partial charge on any atom is -0.549 e. The lowest BCUT2D eigenvalue weighted by Crippen LogP contribution is -2.44. The van der Waals surface area contributed by atoms with Crippen LogP contribution in [0.4, 0.5) is 0 Å². The molecule has 0 N–H and O–H groups in total. The first-order valence-corrected chi connectivity index (χ1v) is 8.89. The van der Waals surface area contributed by atoms with E-state index < -0.39 is 50.1 Å². The lowest BCUT2D eigenvalue weighted by Gasteiger charge is -2.25. The summed E-state index contributed by atoms with van der Waals surface area (Å²) in [6.45, 7) is -3.18. The average Bonchev–Trinajstić information content (AvgIpc) is 3.13. The highest BCUT2D eigenvalue weighted by Gasteiger charge is 2.14. The highest BCUT2D eigenvalue weighted by molar-refractivity contribution is 5.71. The van der Waals surface area contributed by atoms with Gasteiger partial charge in [-0.15, -0.1) is 0 Å². The number of carboxylic acid groups (broad SMARTS) is 4. The van der Waals surface area contributed by atoms with Gasteiger partial charge in [0.2, 0.25) is 0 Å². The van der Waals surface area contributed by atoms with E-state index in [-0.39, 0.29) is 24.5 Å². The molecule has 12 nitrogen and oxygen atoms in total. The van der Waals surface area contributed by atoms with Crippen LogP contribution in [-0.4, -0.2) is 64.8 Å². The van der Waals surface area contributed by atoms with Crippen LogP contribution >= 0.6 is 0 Å². The SMILES string of the molecule is O=C([O-])CN(CC(=O)[O-])Cc1cc(-c2ccoc2)cc(CN(CC(=O)[O-])CC(=O)[O-])n1. The van der Waals surface area contributed by atoms with Crippen LogP contribution in [0.15, 0.2) is 35.1 Å². The summed E-state index contributed by atoms with van der Waals surface area (Å²) in [6, 6.07) is 4.75. The van der Waals surface area contributed by atoms with Crippen LogP contribution in [0.1, 0.15) is 11.4 Å². The highest BCUT2D eigenvalue weighted by atomic mass is 16.4. The third-order valence-electron chi connectivity index (χ3n) is 3.97. The molecule has 0 aliphatic rings. The Hall–Kier alpha value is -3.77. The Balaban J connectivity index is 2.37. The Morgan fingerprint density at radius 3 is 1.48 bits per heavy atom. The average molecular weight is 431 g/mol. The number of carboxylic acids is 4. The van der Waals surface area contributed by atoms with Gasteiger partial charge in [-0.2, -0.15) is 0 Å². The summed E-state index contributed by atoms with van der Waals surface area (Å²) in [5.74, 6) is -5.99. The number of nitrogens with zero attached hydrogens (tertiary/aromatic N) is 3. The van der Waals surface area contributed by atoms with Gasteiger partial charge in [-0.25, -0.2) is 0 Å². The van der Waals surface area contributed by atoms with Crippen molar-refractivity contribution in [2.24, 2.45) is 0 Å². The molecule has 0 radical (unpaired) electrons. The van der Waals surface area contributed by atoms with Gasteiger partial charge in [-0.3, -0.25) is 14.8 Å². The molecule has 0 aliphatic heterocycles. The summed E-state index contributed by atoms with van der Waals surface area (Å²) in [6.07, 6.45) is 2.83. The maximum Gasteiger partial charge on any atom is 0.0980 e. The van der Waals surface area contributed by atoms with E-state index >= 15 is 0 Å². The van der Waals surface area contributed by atoms with Crippen molar-refractivity contribution in [3.8, 4) is 11.1 Å². The van der Waals surface area contributed by atoms with Crippen molar-refractivity contribution in [1.82, 2.24) is 14.8 Å². The largest absolute Gasteiger partial charge is 0.549 e. The third-order valence-corrected chi connectivity index (χ3v) is 3.97. The van der Waals surface area contributed by atoms with Gasteiger partial charge in [0.25, 0.3) is 0 Å². The molecule has 166 valence electrons. The van der Waals surface area contributed by atoms with Crippen molar-refractivity contribution < 1.29 is 44.0 Å². The van der Waals surface area contributed by atoms with Crippen LogP contribution in [0.2, 0.25) is 0 Å². The molecule has 0 saturated carbocycles. The zero-order valence-corrected chi connectivity index (χ0v) is 16.1. The minimum atomic E-state index is -1.50. The second-order valence-electron chi connectivity index (χ2n) is 6.63. The molecule has 0 bridgehead atoms. The summed E-state index contributed by atoms with van der Waals surface area (Å²) in [4.78, 5) is 50.0. The Bertz CT molecular complexity index is 855. The quantitative estimate of drug-likeness (QED) is 0.293. The van der Waals surface area contributed by atoms with E-state index in [1.165, 1.54) is 12.5 Å². The van der Waals surface area contributed by atoms with Crippen LogP contribution in [0.5, 0.6) is 0 Å². The smallest absolute Gasteiger partial charge is 0.0980 e. The van der Waals surface area contributed by atoms with Crippen LogP contribution in [0.3, 0.4) is 0 Å². The topological polar surface area (TPSA) is 193 Å². The fourth-order valence-electron chi connectivity index (χ4n) is 2.93. The summed E-state index contributed by atoms with van der Waals surface area (Å²) in [7, 11) is 0. The molecule has 0 fully saturated rings. The molecule has 0 unspecified atom stereocenters. The first-order chi connectivity index (χ1) is 14.6. The highest BCUT2D eigenvalue weighted by Crippen LogP contribution is 2.23. The molecular formula is C19H17N3O9-4. The predicted molar refractivity (Wildman–Crippen MR) is 92.5 cm³/mol. The van der Waals surface area contributed by atoms with Crippen molar-refractivity contribution in [3.63, 3.8) is 0 Å². The van der Waals surface area contributed by atoms with Gasteiger partial charge in [0.1, 0.15) is 0 Å². The summed E-state index contributed by atoms with van der Waals surface area (Å²) in [5, 5.41) is 43.7. The van der Waals surface area contributed by atoms with Crippen molar-refractivity contribution in [3.05, 3.63) is 42.1 Å². The minimum absolute atomic E-state index is 0.207. The predicted octanol–water partition coefficient (Wildman–Crippen LogP) is -5.05. The summed E-state index contributed by atoms with van der Waals surface area (Å²) < 4.78 is 5.04. The van der Waals surface area contributed by atoms with E-state index in [0.29, 0.717) is 11.1 Å². The van der Waals surface area contributed by atoms with Crippen molar-refractivity contribution in [1.29, 1.82) is 0 Å². The van der Waals surface area contributed by atoms with Gasteiger partial charge < -0.3 is 44.0 Å². The van der Waals surface area contributed by atoms with Crippen molar-refractivity contribution in [2.45, 2.75) is 13.1 Å². The van der Waals surface area contributed by atoms with Gasteiger partial charge in [-0.05, 0) is 23.8 Å². The number of carbonyl (C=O) groups is 4. The molecule has 2 aromatic heterocycles. The van der Waals surface area contributed by atoms with E-state index in [2.05, 4.69) is 4.98 Å². The maximum atomic E-state index is 10.9. The molecule has 12 heteroatoms.